The van der Waals surface area contributed by atoms with E-state index in [0.717, 1.165) is 11.4 Å². The number of nitrogens with zero attached hydrogens (tertiary/aromatic N) is 4. The van der Waals surface area contributed by atoms with E-state index in [4.69, 9.17) is 0 Å². The van der Waals surface area contributed by atoms with Crippen LogP contribution in [0.3, 0.4) is 0 Å². The number of carbonyl (C=O) groups is 1. The van der Waals surface area contributed by atoms with Gasteiger partial charge in [-0.1, -0.05) is 12.1 Å². The number of halogens is 1. The van der Waals surface area contributed by atoms with E-state index < -0.39 is 11.7 Å². The molecule has 0 atom stereocenters. The Morgan fingerprint density at radius 3 is 2.62 bits per heavy atom. The fourth-order valence-corrected chi connectivity index (χ4v) is 2.59. The van der Waals surface area contributed by atoms with Crippen molar-refractivity contribution in [3.8, 4) is 5.82 Å². The SMILES string of the molecule is Cc1cc(C)n(-c2ccc(=O)n(CCNC(=O)c3ccccc3F)n2)n1. The fraction of sp³-hybridized carbons (Fsp3) is 0.222. The molecule has 3 rings (SSSR count). The Balaban J connectivity index is 1.71. The smallest absolute Gasteiger partial charge is 0.266 e. The molecule has 0 aliphatic carbocycles. The van der Waals surface area contributed by atoms with Gasteiger partial charge in [0.1, 0.15) is 5.82 Å². The quantitative estimate of drug-likeness (QED) is 0.754. The minimum atomic E-state index is -0.591. The predicted octanol–water partition coefficient (Wildman–Crippen LogP) is 1.61. The molecular weight excluding hydrogens is 337 g/mol. The number of benzene rings is 1. The summed E-state index contributed by atoms with van der Waals surface area (Å²) in [6.07, 6.45) is 0. The van der Waals surface area contributed by atoms with Crippen LogP contribution >= 0.6 is 0 Å². The van der Waals surface area contributed by atoms with Gasteiger partial charge < -0.3 is 5.32 Å². The minimum absolute atomic E-state index is 0.0378. The van der Waals surface area contributed by atoms with Crippen molar-refractivity contribution < 1.29 is 9.18 Å². The second-order valence-electron chi connectivity index (χ2n) is 5.83. The van der Waals surface area contributed by atoms with Gasteiger partial charge in [0, 0.05) is 18.3 Å². The molecule has 0 saturated heterocycles. The maximum Gasteiger partial charge on any atom is 0.266 e. The maximum absolute atomic E-state index is 13.6. The molecule has 0 aliphatic heterocycles. The van der Waals surface area contributed by atoms with E-state index >= 15 is 0 Å². The van der Waals surface area contributed by atoms with E-state index in [1.165, 1.54) is 28.9 Å². The molecule has 2 aromatic heterocycles. The molecule has 134 valence electrons. The second-order valence-corrected chi connectivity index (χ2v) is 5.83. The Morgan fingerprint density at radius 2 is 1.92 bits per heavy atom. The maximum atomic E-state index is 13.6. The number of rotatable bonds is 5. The summed E-state index contributed by atoms with van der Waals surface area (Å²) in [5.41, 5.74) is 1.41. The fourth-order valence-electron chi connectivity index (χ4n) is 2.59. The third-order valence-corrected chi connectivity index (χ3v) is 3.81. The average Bonchev–Trinajstić information content (AvgIpc) is 2.95. The predicted molar refractivity (Wildman–Crippen MR) is 93.8 cm³/mol. The van der Waals surface area contributed by atoms with Gasteiger partial charge >= 0.3 is 0 Å². The largest absolute Gasteiger partial charge is 0.350 e. The monoisotopic (exact) mass is 355 g/mol. The first-order chi connectivity index (χ1) is 12.5. The summed E-state index contributed by atoms with van der Waals surface area (Å²) in [7, 11) is 0. The summed E-state index contributed by atoms with van der Waals surface area (Å²) < 4.78 is 16.5. The topological polar surface area (TPSA) is 81.8 Å². The highest BCUT2D eigenvalue weighted by molar-refractivity contribution is 5.94. The van der Waals surface area contributed by atoms with Gasteiger partial charge in [0.05, 0.1) is 17.8 Å². The summed E-state index contributed by atoms with van der Waals surface area (Å²) in [4.78, 5) is 24.0. The molecule has 0 unspecified atom stereocenters. The molecule has 1 amide bonds. The number of aryl methyl sites for hydroxylation is 2. The lowest BCUT2D eigenvalue weighted by Crippen LogP contribution is -2.32. The van der Waals surface area contributed by atoms with Crippen molar-refractivity contribution in [1.82, 2.24) is 24.9 Å². The first-order valence-electron chi connectivity index (χ1n) is 8.10. The van der Waals surface area contributed by atoms with Gasteiger partial charge in [0.25, 0.3) is 11.5 Å². The van der Waals surface area contributed by atoms with Crippen LogP contribution in [0.1, 0.15) is 21.7 Å². The average molecular weight is 355 g/mol. The Morgan fingerprint density at radius 1 is 1.15 bits per heavy atom. The van der Waals surface area contributed by atoms with E-state index in [2.05, 4.69) is 15.5 Å². The lowest BCUT2D eigenvalue weighted by Gasteiger charge is -2.09. The lowest BCUT2D eigenvalue weighted by molar-refractivity contribution is 0.0947. The molecule has 0 saturated carbocycles. The zero-order valence-electron chi connectivity index (χ0n) is 14.4. The number of amides is 1. The van der Waals surface area contributed by atoms with Gasteiger partial charge in [0.15, 0.2) is 5.82 Å². The summed E-state index contributed by atoms with van der Waals surface area (Å²) in [6.45, 7) is 4.07. The molecule has 0 spiro atoms. The van der Waals surface area contributed by atoms with Crippen molar-refractivity contribution in [2.45, 2.75) is 20.4 Å². The van der Waals surface area contributed by atoms with Crippen LogP contribution in [0.4, 0.5) is 4.39 Å². The van der Waals surface area contributed by atoms with Crippen LogP contribution in [0.5, 0.6) is 0 Å². The van der Waals surface area contributed by atoms with Crippen LogP contribution in [0.25, 0.3) is 5.82 Å². The molecule has 0 bridgehead atoms. The van der Waals surface area contributed by atoms with E-state index in [0.29, 0.717) is 5.82 Å². The molecule has 0 fully saturated rings. The standard InChI is InChI=1S/C18H18FN5O2/c1-12-11-13(2)24(21-12)16-7-8-17(25)23(22-16)10-9-20-18(26)14-5-3-4-6-15(14)19/h3-8,11H,9-10H2,1-2H3,(H,20,26). The van der Waals surface area contributed by atoms with E-state index in [1.54, 1.807) is 16.8 Å². The highest BCUT2D eigenvalue weighted by atomic mass is 19.1. The van der Waals surface area contributed by atoms with Crippen LogP contribution in [0.15, 0.2) is 47.3 Å². The molecule has 2 heterocycles. The molecule has 1 aromatic carbocycles. The van der Waals surface area contributed by atoms with Crippen molar-refractivity contribution in [1.29, 1.82) is 0 Å². The van der Waals surface area contributed by atoms with Crippen LogP contribution < -0.4 is 10.9 Å². The number of hydrogen-bond donors (Lipinski definition) is 1. The van der Waals surface area contributed by atoms with Gasteiger partial charge in [-0.25, -0.2) is 13.8 Å². The summed E-state index contributed by atoms with van der Waals surface area (Å²) in [6, 6.07) is 10.6. The van der Waals surface area contributed by atoms with Crippen molar-refractivity contribution in [3.05, 3.63) is 75.6 Å². The molecule has 26 heavy (non-hydrogen) atoms. The van der Waals surface area contributed by atoms with Gasteiger partial charge in [0.2, 0.25) is 0 Å². The molecule has 7 nitrogen and oxygen atoms in total. The molecule has 8 heteroatoms. The molecular formula is C18H18FN5O2. The van der Waals surface area contributed by atoms with Crippen LogP contribution in [-0.2, 0) is 6.54 Å². The molecule has 0 radical (unpaired) electrons. The van der Waals surface area contributed by atoms with Crippen LogP contribution in [0.2, 0.25) is 0 Å². The highest BCUT2D eigenvalue weighted by Gasteiger charge is 2.11. The molecule has 1 N–H and O–H groups in total. The van der Waals surface area contributed by atoms with Gasteiger partial charge in [-0.2, -0.15) is 5.10 Å². The zero-order chi connectivity index (χ0) is 18.7. The van der Waals surface area contributed by atoms with Crippen molar-refractivity contribution in [3.63, 3.8) is 0 Å². The van der Waals surface area contributed by atoms with Crippen molar-refractivity contribution in [2.75, 3.05) is 6.54 Å². The Hall–Kier alpha value is -3.29. The minimum Gasteiger partial charge on any atom is -0.350 e. The summed E-state index contributed by atoms with van der Waals surface area (Å²) in [5.74, 6) is -0.617. The second kappa shape index (κ2) is 7.30. The third kappa shape index (κ3) is 3.69. The van der Waals surface area contributed by atoms with Crippen LogP contribution in [0, 0.1) is 19.7 Å². The first-order valence-corrected chi connectivity index (χ1v) is 8.10. The van der Waals surface area contributed by atoms with E-state index in [9.17, 15) is 14.0 Å². The number of nitrogens with one attached hydrogen (secondary N) is 1. The van der Waals surface area contributed by atoms with E-state index in [-0.39, 0.29) is 24.2 Å². The number of aromatic nitrogens is 4. The summed E-state index contributed by atoms with van der Waals surface area (Å²) >= 11 is 0. The summed E-state index contributed by atoms with van der Waals surface area (Å²) in [5, 5.41) is 11.2. The number of hydrogen-bond acceptors (Lipinski definition) is 4. The van der Waals surface area contributed by atoms with Gasteiger partial charge in [-0.3, -0.25) is 9.59 Å². The van der Waals surface area contributed by atoms with Gasteiger partial charge in [-0.15, -0.1) is 5.10 Å². The van der Waals surface area contributed by atoms with E-state index in [1.807, 2.05) is 19.9 Å². The Kier molecular flexibility index (Phi) is 4.92. The Labute approximate surface area is 149 Å². The van der Waals surface area contributed by atoms with Crippen molar-refractivity contribution in [2.24, 2.45) is 0 Å². The van der Waals surface area contributed by atoms with Crippen molar-refractivity contribution >= 4 is 5.91 Å². The Bertz CT molecular complexity index is 1010. The first kappa shape index (κ1) is 17.5. The van der Waals surface area contributed by atoms with Gasteiger partial charge in [-0.05, 0) is 38.1 Å². The molecule has 3 aromatic rings. The molecule has 0 aliphatic rings. The normalized spacial score (nSPS) is 10.7. The lowest BCUT2D eigenvalue weighted by atomic mass is 10.2. The number of carbonyl (C=O) groups excluding carboxylic acids is 1. The zero-order valence-corrected chi connectivity index (χ0v) is 14.4. The third-order valence-electron chi connectivity index (χ3n) is 3.81. The van der Waals surface area contributed by atoms with Crippen LogP contribution in [-0.4, -0.2) is 32.0 Å². The highest BCUT2D eigenvalue weighted by Crippen LogP contribution is 2.08.